The van der Waals surface area contributed by atoms with Crippen molar-refractivity contribution in [2.24, 2.45) is 0 Å². The first-order valence-corrected chi connectivity index (χ1v) is 5.59. The van der Waals surface area contributed by atoms with E-state index in [1.807, 2.05) is 6.92 Å². The summed E-state index contributed by atoms with van der Waals surface area (Å²) in [4.78, 5) is 0. The first kappa shape index (κ1) is 12.2. The summed E-state index contributed by atoms with van der Waals surface area (Å²) in [5.74, 6) is -0.265. The van der Waals surface area contributed by atoms with E-state index in [0.29, 0.717) is 0 Å². The van der Waals surface area contributed by atoms with Crippen molar-refractivity contribution >= 4 is 5.69 Å². The smallest absolute Gasteiger partial charge is 0.123 e. The highest BCUT2D eigenvalue weighted by Gasteiger charge is 2.08. The van der Waals surface area contributed by atoms with Crippen molar-refractivity contribution < 1.29 is 14.6 Å². The minimum absolute atomic E-state index is 0.0118. The third-order valence-corrected chi connectivity index (χ3v) is 2.65. The highest BCUT2D eigenvalue weighted by atomic mass is 19.1. The van der Waals surface area contributed by atoms with Gasteiger partial charge >= 0.3 is 0 Å². The number of nitrogens with one attached hydrogen (secondary N) is 1. The zero-order chi connectivity index (χ0) is 13.1. The van der Waals surface area contributed by atoms with Gasteiger partial charge in [0, 0.05) is 17.8 Å². The molecule has 0 aliphatic carbocycles. The van der Waals surface area contributed by atoms with E-state index < -0.39 is 0 Å². The molecule has 4 heteroatoms. The number of aromatic hydroxyl groups is 2. The van der Waals surface area contributed by atoms with Crippen LogP contribution in [0.2, 0.25) is 0 Å². The fraction of sp³-hybridized carbons (Fsp3) is 0.143. The predicted molar refractivity (Wildman–Crippen MR) is 68.2 cm³/mol. The molecule has 1 unspecified atom stereocenters. The van der Waals surface area contributed by atoms with Crippen molar-refractivity contribution in [3.05, 3.63) is 53.8 Å². The molecule has 0 spiro atoms. The standard InChI is InChI=1S/C14H14FNO2/c1-9(10-6-13(17)8-14(18)7-10)16-12-4-2-11(15)3-5-12/h2-9,16-18H,1H3. The number of phenols is 2. The second-order valence-corrected chi connectivity index (χ2v) is 4.16. The molecule has 0 bridgehead atoms. The fourth-order valence-electron chi connectivity index (χ4n) is 1.75. The van der Waals surface area contributed by atoms with Gasteiger partial charge < -0.3 is 15.5 Å². The molecular weight excluding hydrogens is 233 g/mol. The van der Waals surface area contributed by atoms with Gasteiger partial charge in [0.25, 0.3) is 0 Å². The van der Waals surface area contributed by atoms with Crippen LogP contribution in [0.25, 0.3) is 0 Å². The minimum atomic E-state index is -0.289. The second kappa shape index (κ2) is 4.96. The van der Waals surface area contributed by atoms with Crippen LogP contribution in [0, 0.1) is 5.82 Å². The van der Waals surface area contributed by atoms with Crippen LogP contribution in [0.3, 0.4) is 0 Å². The third kappa shape index (κ3) is 2.91. The molecule has 0 aliphatic heterocycles. The van der Waals surface area contributed by atoms with Gasteiger partial charge in [-0.1, -0.05) is 0 Å². The lowest BCUT2D eigenvalue weighted by Gasteiger charge is -2.16. The monoisotopic (exact) mass is 247 g/mol. The van der Waals surface area contributed by atoms with Crippen LogP contribution in [0.4, 0.5) is 10.1 Å². The summed E-state index contributed by atoms with van der Waals surface area (Å²) < 4.78 is 12.8. The van der Waals surface area contributed by atoms with E-state index in [2.05, 4.69) is 5.32 Å². The molecule has 2 aromatic carbocycles. The van der Waals surface area contributed by atoms with Crippen LogP contribution in [0.5, 0.6) is 11.5 Å². The highest BCUT2D eigenvalue weighted by molar-refractivity contribution is 5.47. The van der Waals surface area contributed by atoms with Gasteiger partial charge in [-0.15, -0.1) is 0 Å². The van der Waals surface area contributed by atoms with Crippen molar-refractivity contribution in [2.75, 3.05) is 5.32 Å². The average Bonchev–Trinajstić information content (AvgIpc) is 2.31. The number of hydrogen-bond donors (Lipinski definition) is 3. The number of rotatable bonds is 3. The third-order valence-electron chi connectivity index (χ3n) is 2.65. The summed E-state index contributed by atoms with van der Waals surface area (Å²) >= 11 is 0. The molecule has 0 amide bonds. The van der Waals surface area contributed by atoms with Crippen molar-refractivity contribution in [1.82, 2.24) is 0 Å². The zero-order valence-corrected chi connectivity index (χ0v) is 9.89. The first-order chi connectivity index (χ1) is 8.54. The van der Waals surface area contributed by atoms with Crippen LogP contribution in [0.15, 0.2) is 42.5 Å². The fourth-order valence-corrected chi connectivity index (χ4v) is 1.75. The highest BCUT2D eigenvalue weighted by Crippen LogP contribution is 2.26. The maximum atomic E-state index is 12.8. The van der Waals surface area contributed by atoms with Gasteiger partial charge in [-0.2, -0.15) is 0 Å². The number of hydrogen-bond acceptors (Lipinski definition) is 3. The Hall–Kier alpha value is -2.23. The van der Waals surface area contributed by atoms with E-state index in [9.17, 15) is 14.6 Å². The molecule has 2 rings (SSSR count). The van der Waals surface area contributed by atoms with E-state index in [4.69, 9.17) is 0 Å². The van der Waals surface area contributed by atoms with Gasteiger partial charge in [-0.3, -0.25) is 0 Å². The first-order valence-electron chi connectivity index (χ1n) is 5.59. The number of halogens is 1. The van der Waals surface area contributed by atoms with E-state index in [-0.39, 0.29) is 23.4 Å². The molecule has 3 N–H and O–H groups in total. The topological polar surface area (TPSA) is 52.5 Å². The van der Waals surface area contributed by atoms with Crippen LogP contribution in [0.1, 0.15) is 18.5 Å². The molecule has 94 valence electrons. The van der Waals surface area contributed by atoms with Crippen LogP contribution >= 0.6 is 0 Å². The average molecular weight is 247 g/mol. The summed E-state index contributed by atoms with van der Waals surface area (Å²) in [5.41, 5.74) is 1.52. The summed E-state index contributed by atoms with van der Waals surface area (Å²) in [6, 6.07) is 10.3. The Bertz CT molecular complexity index is 520. The Balaban J connectivity index is 2.16. The van der Waals surface area contributed by atoms with E-state index in [1.165, 1.54) is 18.2 Å². The van der Waals surface area contributed by atoms with E-state index >= 15 is 0 Å². The van der Waals surface area contributed by atoms with Gasteiger partial charge in [-0.05, 0) is 48.9 Å². The van der Waals surface area contributed by atoms with Gasteiger partial charge in [0.15, 0.2) is 0 Å². The molecule has 0 radical (unpaired) electrons. The van der Waals surface area contributed by atoms with Crippen LogP contribution < -0.4 is 5.32 Å². The molecule has 0 saturated heterocycles. The lowest BCUT2D eigenvalue weighted by molar-refractivity contribution is 0.448. The molecule has 18 heavy (non-hydrogen) atoms. The van der Waals surface area contributed by atoms with Gasteiger partial charge in [0.1, 0.15) is 17.3 Å². The normalized spacial score (nSPS) is 12.1. The Labute approximate surface area is 105 Å². The molecule has 3 nitrogen and oxygen atoms in total. The second-order valence-electron chi connectivity index (χ2n) is 4.16. The van der Waals surface area contributed by atoms with E-state index in [0.717, 1.165) is 11.3 Å². The molecule has 1 atom stereocenters. The van der Waals surface area contributed by atoms with Gasteiger partial charge in [-0.25, -0.2) is 4.39 Å². The Morgan fingerprint density at radius 2 is 1.56 bits per heavy atom. The Morgan fingerprint density at radius 3 is 2.11 bits per heavy atom. The largest absolute Gasteiger partial charge is 0.508 e. The molecular formula is C14H14FNO2. The molecule has 0 fully saturated rings. The van der Waals surface area contributed by atoms with Crippen LogP contribution in [-0.4, -0.2) is 10.2 Å². The lowest BCUT2D eigenvalue weighted by atomic mass is 10.1. The van der Waals surface area contributed by atoms with E-state index in [1.54, 1.807) is 24.3 Å². The summed E-state index contributed by atoms with van der Waals surface area (Å²) in [6.07, 6.45) is 0. The Morgan fingerprint density at radius 1 is 1.00 bits per heavy atom. The Kier molecular flexibility index (Phi) is 3.37. The van der Waals surface area contributed by atoms with Gasteiger partial charge in [0.2, 0.25) is 0 Å². The molecule has 0 aromatic heterocycles. The minimum Gasteiger partial charge on any atom is -0.508 e. The van der Waals surface area contributed by atoms with Crippen molar-refractivity contribution in [1.29, 1.82) is 0 Å². The number of benzene rings is 2. The quantitative estimate of drug-likeness (QED) is 0.779. The molecule has 0 heterocycles. The number of phenolic OH excluding ortho intramolecular Hbond substituents is 2. The van der Waals surface area contributed by atoms with Crippen molar-refractivity contribution in [3.63, 3.8) is 0 Å². The van der Waals surface area contributed by atoms with Crippen molar-refractivity contribution in [3.8, 4) is 11.5 Å². The summed E-state index contributed by atoms with van der Waals surface area (Å²) in [6.45, 7) is 1.89. The van der Waals surface area contributed by atoms with Crippen LogP contribution in [-0.2, 0) is 0 Å². The zero-order valence-electron chi connectivity index (χ0n) is 9.89. The van der Waals surface area contributed by atoms with Crippen molar-refractivity contribution in [2.45, 2.75) is 13.0 Å². The molecule has 0 aliphatic rings. The molecule has 2 aromatic rings. The van der Waals surface area contributed by atoms with Gasteiger partial charge in [0.05, 0.1) is 0 Å². The molecule has 0 saturated carbocycles. The predicted octanol–water partition coefficient (Wildman–Crippen LogP) is 3.41. The maximum absolute atomic E-state index is 12.8. The maximum Gasteiger partial charge on any atom is 0.123 e. The SMILES string of the molecule is CC(Nc1ccc(F)cc1)c1cc(O)cc(O)c1. The summed E-state index contributed by atoms with van der Waals surface area (Å²) in [5, 5.41) is 22.0. The lowest BCUT2D eigenvalue weighted by Crippen LogP contribution is -2.06. The summed E-state index contributed by atoms with van der Waals surface area (Å²) in [7, 11) is 0. The number of anilines is 1.